The lowest BCUT2D eigenvalue weighted by molar-refractivity contribution is -0.00000330. The average molecular weight is 203 g/mol. The van der Waals surface area contributed by atoms with Gasteiger partial charge in [-0.15, -0.1) is 0 Å². The van der Waals surface area contributed by atoms with Crippen LogP contribution >= 0.6 is 0 Å². The van der Waals surface area contributed by atoms with Gasteiger partial charge in [-0.25, -0.2) is 0 Å². The van der Waals surface area contributed by atoms with E-state index in [0.717, 1.165) is 5.75 Å². The highest BCUT2D eigenvalue weighted by molar-refractivity contribution is 5.51. The van der Waals surface area contributed by atoms with Crippen molar-refractivity contribution in [3.05, 3.63) is 18.2 Å². The van der Waals surface area contributed by atoms with E-state index in [4.69, 9.17) is 15.2 Å². The Morgan fingerprint density at radius 2 is 2.00 bits per heavy atom. The molecule has 0 amide bonds. The van der Waals surface area contributed by atoms with E-state index >= 15 is 0 Å². The van der Waals surface area contributed by atoms with E-state index in [2.05, 4.69) is 0 Å². The summed E-state index contributed by atoms with van der Waals surface area (Å²) in [6.45, 7) is 2.55. The fraction of sp³-hybridized carbons (Fsp3) is 0.333. The van der Waals surface area contributed by atoms with Crippen molar-refractivity contribution in [2.24, 2.45) is 0 Å². The first-order valence-electron chi connectivity index (χ1n) is 3.84. The molecule has 0 aromatic heterocycles. The number of methoxy groups -OCH3 is 1. The fourth-order valence-corrected chi connectivity index (χ4v) is 0.959. The van der Waals surface area contributed by atoms with E-state index < -0.39 is 0 Å². The predicted molar refractivity (Wildman–Crippen MR) is 48.6 cm³/mol. The number of hydrogen-bond donors (Lipinski definition) is 1. The smallest absolute Gasteiger partial charge is 0.162 e. The van der Waals surface area contributed by atoms with Crippen LogP contribution in [0, 0.1) is 0 Å². The third kappa shape index (κ3) is 3.03. The minimum Gasteiger partial charge on any atom is -1.00 e. The third-order valence-corrected chi connectivity index (χ3v) is 1.49. The van der Waals surface area contributed by atoms with Crippen molar-refractivity contribution < 1.29 is 21.9 Å². The van der Waals surface area contributed by atoms with Crippen LogP contribution in [0.2, 0.25) is 0 Å². The van der Waals surface area contributed by atoms with Crippen LogP contribution in [-0.4, -0.2) is 13.7 Å². The zero-order chi connectivity index (χ0) is 8.97. The molecule has 4 heteroatoms. The number of halogens is 1. The second-order valence-corrected chi connectivity index (χ2v) is 2.34. The summed E-state index contributed by atoms with van der Waals surface area (Å²) in [5.41, 5.74) is 6.24. The summed E-state index contributed by atoms with van der Waals surface area (Å²) in [7, 11) is 1.59. The van der Waals surface area contributed by atoms with Gasteiger partial charge >= 0.3 is 0 Å². The van der Waals surface area contributed by atoms with Crippen molar-refractivity contribution in [2.45, 2.75) is 6.92 Å². The van der Waals surface area contributed by atoms with Crippen molar-refractivity contribution in [1.29, 1.82) is 0 Å². The molecule has 0 aliphatic heterocycles. The Kier molecular flexibility index (Phi) is 5.07. The van der Waals surface area contributed by atoms with E-state index in [1.54, 1.807) is 25.3 Å². The topological polar surface area (TPSA) is 44.5 Å². The van der Waals surface area contributed by atoms with Crippen molar-refractivity contribution in [1.82, 2.24) is 0 Å². The largest absolute Gasteiger partial charge is 1.00 e. The van der Waals surface area contributed by atoms with E-state index in [0.29, 0.717) is 18.0 Å². The summed E-state index contributed by atoms with van der Waals surface area (Å²) in [6, 6.07) is 5.33. The fourth-order valence-electron chi connectivity index (χ4n) is 0.959. The number of nitrogen functional groups attached to an aromatic ring is 1. The van der Waals surface area contributed by atoms with Crippen LogP contribution in [0.3, 0.4) is 0 Å². The summed E-state index contributed by atoms with van der Waals surface area (Å²) in [4.78, 5) is 0. The number of hydrogen-bond acceptors (Lipinski definition) is 3. The van der Waals surface area contributed by atoms with E-state index in [9.17, 15) is 0 Å². The molecular formula is C9H13ClNO2-. The molecule has 0 unspecified atom stereocenters. The molecule has 2 N–H and O–H groups in total. The maximum absolute atomic E-state index is 5.56. The van der Waals surface area contributed by atoms with Crippen LogP contribution in [0.4, 0.5) is 5.69 Å². The Bertz CT molecular complexity index is 266. The Hall–Kier alpha value is -1.09. The quantitative estimate of drug-likeness (QED) is 0.619. The van der Waals surface area contributed by atoms with Gasteiger partial charge in [-0.1, -0.05) is 0 Å². The third-order valence-electron chi connectivity index (χ3n) is 1.49. The van der Waals surface area contributed by atoms with Gasteiger partial charge in [-0.3, -0.25) is 0 Å². The van der Waals surface area contributed by atoms with Gasteiger partial charge in [-0.05, 0) is 19.1 Å². The van der Waals surface area contributed by atoms with Gasteiger partial charge in [0.2, 0.25) is 0 Å². The molecule has 0 aliphatic carbocycles. The molecule has 13 heavy (non-hydrogen) atoms. The lowest BCUT2D eigenvalue weighted by Gasteiger charge is -2.08. The van der Waals surface area contributed by atoms with E-state index in [1.165, 1.54) is 0 Å². The van der Waals surface area contributed by atoms with Crippen LogP contribution in [0.5, 0.6) is 11.5 Å². The van der Waals surface area contributed by atoms with Crippen LogP contribution in [0.25, 0.3) is 0 Å². The number of benzene rings is 1. The lowest BCUT2D eigenvalue weighted by atomic mass is 10.3. The number of anilines is 1. The van der Waals surface area contributed by atoms with Gasteiger partial charge in [0.25, 0.3) is 0 Å². The summed E-state index contributed by atoms with van der Waals surface area (Å²) < 4.78 is 10.4. The van der Waals surface area contributed by atoms with Crippen LogP contribution in [0.15, 0.2) is 18.2 Å². The molecule has 0 bridgehead atoms. The zero-order valence-corrected chi connectivity index (χ0v) is 8.47. The Labute approximate surface area is 84.2 Å². The Morgan fingerprint density at radius 3 is 2.54 bits per heavy atom. The highest BCUT2D eigenvalue weighted by Gasteiger charge is 2.02. The maximum atomic E-state index is 5.56. The van der Waals surface area contributed by atoms with Crippen molar-refractivity contribution in [3.63, 3.8) is 0 Å². The summed E-state index contributed by atoms with van der Waals surface area (Å²) in [6.07, 6.45) is 0. The summed E-state index contributed by atoms with van der Waals surface area (Å²) in [5.74, 6) is 1.41. The number of nitrogens with two attached hydrogens (primary N) is 1. The molecule has 1 aromatic rings. The summed E-state index contributed by atoms with van der Waals surface area (Å²) in [5, 5.41) is 0. The number of ether oxygens (including phenoxy) is 2. The van der Waals surface area contributed by atoms with Gasteiger partial charge in [0.1, 0.15) is 0 Å². The van der Waals surface area contributed by atoms with E-state index in [1.807, 2.05) is 6.92 Å². The van der Waals surface area contributed by atoms with Crippen molar-refractivity contribution >= 4 is 5.69 Å². The standard InChI is InChI=1S/C9H13NO2.ClH/c1-3-12-8-5-4-7(10)6-9(8)11-2;/h4-6H,3,10H2,1-2H3;1H/p-1. The Balaban J connectivity index is 0.00000144. The molecule has 1 aromatic carbocycles. The van der Waals surface area contributed by atoms with Gasteiger partial charge in [0, 0.05) is 11.8 Å². The summed E-state index contributed by atoms with van der Waals surface area (Å²) >= 11 is 0. The highest BCUT2D eigenvalue weighted by atomic mass is 35.5. The average Bonchev–Trinajstić information content (AvgIpc) is 2.08. The van der Waals surface area contributed by atoms with Gasteiger partial charge in [0.05, 0.1) is 13.7 Å². The molecule has 0 heterocycles. The molecular weight excluding hydrogens is 190 g/mol. The maximum Gasteiger partial charge on any atom is 0.162 e. The number of rotatable bonds is 3. The predicted octanol–water partition coefficient (Wildman–Crippen LogP) is -1.32. The molecule has 0 radical (unpaired) electrons. The van der Waals surface area contributed by atoms with Gasteiger partial charge < -0.3 is 27.6 Å². The molecule has 0 aliphatic rings. The van der Waals surface area contributed by atoms with Crippen molar-refractivity contribution in [3.8, 4) is 11.5 Å². The van der Waals surface area contributed by atoms with E-state index in [-0.39, 0.29) is 12.4 Å². The van der Waals surface area contributed by atoms with Gasteiger partial charge in [-0.2, -0.15) is 0 Å². The zero-order valence-electron chi connectivity index (χ0n) is 7.71. The molecule has 3 nitrogen and oxygen atoms in total. The molecule has 0 spiro atoms. The molecule has 0 saturated heterocycles. The first-order chi connectivity index (χ1) is 5.77. The molecule has 0 saturated carbocycles. The molecule has 0 fully saturated rings. The van der Waals surface area contributed by atoms with Crippen LogP contribution in [-0.2, 0) is 0 Å². The van der Waals surface area contributed by atoms with Crippen LogP contribution < -0.4 is 27.6 Å². The molecule has 0 atom stereocenters. The minimum atomic E-state index is 0. The SMILES string of the molecule is CCOc1ccc(N)cc1OC.[Cl-]. The van der Waals surface area contributed by atoms with Crippen molar-refractivity contribution in [2.75, 3.05) is 19.5 Å². The van der Waals surface area contributed by atoms with Gasteiger partial charge in [0.15, 0.2) is 11.5 Å². The first-order valence-corrected chi connectivity index (χ1v) is 3.84. The van der Waals surface area contributed by atoms with Crippen LogP contribution in [0.1, 0.15) is 6.92 Å². The minimum absolute atomic E-state index is 0. The lowest BCUT2D eigenvalue weighted by Crippen LogP contribution is -3.00. The normalized spacial score (nSPS) is 8.77. The first kappa shape index (κ1) is 11.9. The monoisotopic (exact) mass is 202 g/mol. The highest BCUT2D eigenvalue weighted by Crippen LogP contribution is 2.28. The molecule has 74 valence electrons. The molecule has 1 rings (SSSR count). The second-order valence-electron chi connectivity index (χ2n) is 2.34. The Morgan fingerprint density at radius 1 is 1.31 bits per heavy atom. The second kappa shape index (κ2) is 5.54.